The highest BCUT2D eigenvalue weighted by Crippen LogP contribution is 2.25. The maximum absolute atomic E-state index is 12.3. The van der Waals surface area contributed by atoms with Gasteiger partial charge in [0.05, 0.1) is 5.39 Å². The second-order valence-corrected chi connectivity index (χ2v) is 6.79. The number of anilines is 1. The Morgan fingerprint density at radius 2 is 2.09 bits per heavy atom. The van der Waals surface area contributed by atoms with E-state index >= 15 is 0 Å². The molecule has 5 nitrogen and oxygen atoms in total. The molecule has 3 aromatic rings. The molecule has 6 heteroatoms. The number of fused-ring (bicyclic) bond motifs is 1. The molecule has 0 bridgehead atoms. The summed E-state index contributed by atoms with van der Waals surface area (Å²) in [6.45, 7) is 0.864. The Morgan fingerprint density at radius 3 is 2.83 bits per heavy atom. The van der Waals surface area contributed by atoms with Gasteiger partial charge in [-0.25, -0.2) is 0 Å². The molecular formula is C17H18N4OS. The molecule has 1 aliphatic rings. The molecule has 1 fully saturated rings. The fourth-order valence-electron chi connectivity index (χ4n) is 2.67. The highest BCUT2D eigenvalue weighted by atomic mass is 32.1. The molecule has 0 atom stereocenters. The van der Waals surface area contributed by atoms with Crippen molar-refractivity contribution in [1.82, 2.24) is 15.5 Å². The lowest BCUT2D eigenvalue weighted by molar-refractivity contribution is 0.102. The van der Waals surface area contributed by atoms with Crippen LogP contribution in [0.1, 0.15) is 35.2 Å². The molecular weight excluding hydrogens is 308 g/mol. The standard InChI is InChI=1S/C17H18N4OS/c22-16(19-15-14-8-9-23-17(14)21-20-15)12-6-4-11(5-7-12)10-18-13-2-1-3-13/h4-9,13,18H,1-3,10H2,(H2,19,20,21,22). The van der Waals surface area contributed by atoms with Gasteiger partial charge < -0.3 is 10.6 Å². The van der Waals surface area contributed by atoms with Crippen LogP contribution in [0.15, 0.2) is 35.7 Å². The summed E-state index contributed by atoms with van der Waals surface area (Å²) >= 11 is 1.55. The predicted molar refractivity (Wildman–Crippen MR) is 92.8 cm³/mol. The number of hydrogen-bond donors (Lipinski definition) is 3. The zero-order chi connectivity index (χ0) is 15.6. The van der Waals surface area contributed by atoms with Crippen LogP contribution in [0.5, 0.6) is 0 Å². The van der Waals surface area contributed by atoms with Crippen LogP contribution in [0.25, 0.3) is 10.2 Å². The summed E-state index contributed by atoms with van der Waals surface area (Å²) in [5.41, 5.74) is 1.85. The normalized spacial score (nSPS) is 14.8. The van der Waals surface area contributed by atoms with Crippen LogP contribution in [0, 0.1) is 0 Å². The average Bonchev–Trinajstić information content (AvgIpc) is 3.11. The van der Waals surface area contributed by atoms with Crippen LogP contribution in [0.4, 0.5) is 5.82 Å². The summed E-state index contributed by atoms with van der Waals surface area (Å²) in [6, 6.07) is 10.4. The monoisotopic (exact) mass is 326 g/mol. The van der Waals surface area contributed by atoms with Crippen LogP contribution < -0.4 is 10.6 Å². The number of carbonyl (C=O) groups excluding carboxylic acids is 1. The zero-order valence-corrected chi connectivity index (χ0v) is 13.5. The van der Waals surface area contributed by atoms with Gasteiger partial charge in [0, 0.05) is 18.2 Å². The van der Waals surface area contributed by atoms with Crippen LogP contribution in [0.2, 0.25) is 0 Å². The third-order valence-corrected chi connectivity index (χ3v) is 5.14. The molecule has 3 N–H and O–H groups in total. The molecule has 1 aromatic carbocycles. The van der Waals surface area contributed by atoms with Crippen molar-refractivity contribution in [3.05, 3.63) is 46.8 Å². The zero-order valence-electron chi connectivity index (χ0n) is 12.6. The molecule has 23 heavy (non-hydrogen) atoms. The van der Waals surface area contributed by atoms with Gasteiger partial charge in [0.15, 0.2) is 0 Å². The van der Waals surface area contributed by atoms with Gasteiger partial charge in [-0.3, -0.25) is 9.89 Å². The Balaban J connectivity index is 1.40. The number of carbonyl (C=O) groups is 1. The second-order valence-electron chi connectivity index (χ2n) is 5.90. The number of amides is 1. The van der Waals surface area contributed by atoms with Crippen molar-refractivity contribution in [2.45, 2.75) is 31.8 Å². The average molecular weight is 326 g/mol. The summed E-state index contributed by atoms with van der Waals surface area (Å²) in [4.78, 5) is 13.2. The van der Waals surface area contributed by atoms with Crippen LogP contribution >= 0.6 is 11.3 Å². The van der Waals surface area contributed by atoms with Gasteiger partial charge in [-0.05, 0) is 42.0 Å². The molecule has 1 saturated carbocycles. The minimum Gasteiger partial charge on any atom is -0.310 e. The number of aromatic amines is 1. The maximum Gasteiger partial charge on any atom is 0.256 e. The van der Waals surface area contributed by atoms with E-state index in [9.17, 15) is 4.79 Å². The quantitative estimate of drug-likeness (QED) is 0.672. The van der Waals surface area contributed by atoms with Gasteiger partial charge in [0.25, 0.3) is 5.91 Å². The van der Waals surface area contributed by atoms with Crippen LogP contribution in [-0.4, -0.2) is 22.1 Å². The Labute approximate surface area is 138 Å². The molecule has 0 radical (unpaired) electrons. The summed E-state index contributed by atoms with van der Waals surface area (Å²) in [5.74, 6) is 0.530. The fraction of sp³-hybridized carbons (Fsp3) is 0.294. The summed E-state index contributed by atoms with van der Waals surface area (Å²) in [6.07, 6.45) is 3.89. The van der Waals surface area contributed by atoms with Crippen molar-refractivity contribution in [1.29, 1.82) is 0 Å². The van der Waals surface area contributed by atoms with E-state index in [-0.39, 0.29) is 5.91 Å². The first kappa shape index (κ1) is 14.4. The molecule has 1 amide bonds. The number of hydrogen-bond acceptors (Lipinski definition) is 4. The lowest BCUT2D eigenvalue weighted by Crippen LogP contribution is -2.34. The van der Waals surface area contributed by atoms with E-state index < -0.39 is 0 Å². The predicted octanol–water partition coefficient (Wildman–Crippen LogP) is 3.52. The molecule has 1 aliphatic carbocycles. The molecule has 0 unspecified atom stereocenters. The minimum absolute atomic E-state index is 0.125. The first-order chi connectivity index (χ1) is 11.3. The smallest absolute Gasteiger partial charge is 0.256 e. The first-order valence-corrected chi connectivity index (χ1v) is 8.73. The molecule has 118 valence electrons. The van der Waals surface area contributed by atoms with Gasteiger partial charge in [-0.15, -0.1) is 11.3 Å². The SMILES string of the molecule is O=C(Nc1[nH]nc2sccc12)c1ccc(CNC2CCC2)cc1. The summed E-state index contributed by atoms with van der Waals surface area (Å²) < 4.78 is 0. The van der Waals surface area contributed by atoms with Crippen molar-refractivity contribution in [2.24, 2.45) is 0 Å². The van der Waals surface area contributed by atoms with E-state index in [0.29, 0.717) is 17.4 Å². The van der Waals surface area contributed by atoms with E-state index in [1.807, 2.05) is 35.7 Å². The highest BCUT2D eigenvalue weighted by molar-refractivity contribution is 7.16. The van der Waals surface area contributed by atoms with E-state index in [1.165, 1.54) is 24.8 Å². The van der Waals surface area contributed by atoms with Crippen molar-refractivity contribution >= 4 is 33.3 Å². The second kappa shape index (κ2) is 6.14. The lowest BCUT2D eigenvalue weighted by Gasteiger charge is -2.26. The number of benzene rings is 1. The number of H-pyrrole nitrogens is 1. The number of rotatable bonds is 5. The fourth-order valence-corrected chi connectivity index (χ4v) is 3.40. The van der Waals surface area contributed by atoms with Gasteiger partial charge in [-0.2, -0.15) is 5.10 Å². The summed E-state index contributed by atoms with van der Waals surface area (Å²) in [5, 5.41) is 16.4. The largest absolute Gasteiger partial charge is 0.310 e. The van der Waals surface area contributed by atoms with Gasteiger partial charge >= 0.3 is 0 Å². The maximum atomic E-state index is 12.3. The van der Waals surface area contributed by atoms with Gasteiger partial charge in [0.2, 0.25) is 0 Å². The van der Waals surface area contributed by atoms with E-state index in [2.05, 4.69) is 20.8 Å². The topological polar surface area (TPSA) is 69.8 Å². The molecule has 0 spiro atoms. The third kappa shape index (κ3) is 3.00. The molecule has 2 aromatic heterocycles. The van der Waals surface area contributed by atoms with Gasteiger partial charge in [0.1, 0.15) is 10.6 Å². The van der Waals surface area contributed by atoms with Crippen molar-refractivity contribution in [3.8, 4) is 0 Å². The van der Waals surface area contributed by atoms with Crippen LogP contribution in [-0.2, 0) is 6.54 Å². The Morgan fingerprint density at radius 1 is 1.26 bits per heavy atom. The van der Waals surface area contributed by atoms with Crippen molar-refractivity contribution < 1.29 is 4.79 Å². The molecule has 2 heterocycles. The van der Waals surface area contributed by atoms with E-state index in [4.69, 9.17) is 0 Å². The van der Waals surface area contributed by atoms with Crippen LogP contribution in [0.3, 0.4) is 0 Å². The number of aromatic nitrogens is 2. The number of nitrogens with one attached hydrogen (secondary N) is 3. The molecule has 0 aliphatic heterocycles. The Hall–Kier alpha value is -2.18. The Bertz CT molecular complexity index is 817. The van der Waals surface area contributed by atoms with Crippen molar-refractivity contribution in [2.75, 3.05) is 5.32 Å². The molecule has 4 rings (SSSR count). The number of thiophene rings is 1. The molecule has 0 saturated heterocycles. The first-order valence-electron chi connectivity index (χ1n) is 7.85. The van der Waals surface area contributed by atoms with E-state index in [0.717, 1.165) is 16.8 Å². The lowest BCUT2D eigenvalue weighted by atomic mass is 9.93. The number of nitrogens with zero attached hydrogens (tertiary/aromatic N) is 1. The third-order valence-electron chi connectivity index (χ3n) is 4.34. The van der Waals surface area contributed by atoms with E-state index in [1.54, 1.807) is 11.3 Å². The Kier molecular flexibility index (Phi) is 3.85. The van der Waals surface area contributed by atoms with Crippen molar-refractivity contribution in [3.63, 3.8) is 0 Å². The summed E-state index contributed by atoms with van der Waals surface area (Å²) in [7, 11) is 0. The highest BCUT2D eigenvalue weighted by Gasteiger charge is 2.16. The minimum atomic E-state index is -0.125. The van der Waals surface area contributed by atoms with Gasteiger partial charge in [-0.1, -0.05) is 18.6 Å².